The van der Waals surface area contributed by atoms with E-state index in [-0.39, 0.29) is 11.6 Å². The van der Waals surface area contributed by atoms with Crippen LogP contribution in [0.15, 0.2) is 36.7 Å². The molecular formula is C13H11ClFNO. The summed E-state index contributed by atoms with van der Waals surface area (Å²) in [7, 11) is 0. The van der Waals surface area contributed by atoms with Crippen LogP contribution in [0.4, 0.5) is 4.39 Å². The zero-order chi connectivity index (χ0) is 12.4. The number of nitrogens with zero attached hydrogens (tertiary/aromatic N) is 1. The summed E-state index contributed by atoms with van der Waals surface area (Å²) in [4.78, 5) is 11.1. The Labute approximate surface area is 104 Å². The van der Waals surface area contributed by atoms with Crippen molar-refractivity contribution in [3.05, 3.63) is 58.6 Å². The van der Waals surface area contributed by atoms with Crippen molar-refractivity contribution in [2.45, 2.75) is 13.5 Å². The maximum atomic E-state index is 13.5. The fourth-order valence-corrected chi connectivity index (χ4v) is 1.80. The Morgan fingerprint density at radius 2 is 2.18 bits per heavy atom. The van der Waals surface area contributed by atoms with Crippen LogP contribution in [0.1, 0.15) is 22.8 Å². The highest BCUT2D eigenvalue weighted by Crippen LogP contribution is 2.16. The highest BCUT2D eigenvalue weighted by molar-refractivity contribution is 6.30. The molecule has 1 aromatic heterocycles. The Morgan fingerprint density at radius 3 is 2.82 bits per heavy atom. The first-order valence-electron chi connectivity index (χ1n) is 5.17. The molecule has 0 saturated carbocycles. The lowest BCUT2D eigenvalue weighted by atomic mass is 10.2. The molecule has 0 aliphatic carbocycles. The van der Waals surface area contributed by atoms with Gasteiger partial charge in [0.15, 0.2) is 5.78 Å². The van der Waals surface area contributed by atoms with Gasteiger partial charge in [-0.15, -0.1) is 0 Å². The Balaban J connectivity index is 2.25. The molecule has 0 fully saturated rings. The molecule has 0 bridgehead atoms. The number of aromatic nitrogens is 1. The first-order valence-corrected chi connectivity index (χ1v) is 5.54. The van der Waals surface area contributed by atoms with Crippen LogP contribution in [0.5, 0.6) is 0 Å². The van der Waals surface area contributed by atoms with E-state index in [9.17, 15) is 9.18 Å². The third-order valence-electron chi connectivity index (χ3n) is 2.52. The van der Waals surface area contributed by atoms with Gasteiger partial charge in [0, 0.05) is 35.1 Å². The Bertz CT molecular complexity index is 562. The second kappa shape index (κ2) is 4.72. The van der Waals surface area contributed by atoms with E-state index in [1.807, 2.05) is 0 Å². The first-order chi connectivity index (χ1) is 8.06. The largest absolute Gasteiger partial charge is 0.349 e. The fraction of sp³-hybridized carbons (Fsp3) is 0.154. The highest BCUT2D eigenvalue weighted by Gasteiger charge is 2.06. The number of halogens is 2. The van der Waals surface area contributed by atoms with Gasteiger partial charge in [0.2, 0.25) is 0 Å². The number of carbonyl (C=O) groups excluding carboxylic acids is 1. The van der Waals surface area contributed by atoms with Gasteiger partial charge in [0.1, 0.15) is 5.82 Å². The van der Waals surface area contributed by atoms with Crippen LogP contribution in [0.25, 0.3) is 0 Å². The molecule has 0 atom stereocenters. The van der Waals surface area contributed by atoms with Gasteiger partial charge >= 0.3 is 0 Å². The molecule has 0 amide bonds. The van der Waals surface area contributed by atoms with E-state index in [0.717, 1.165) is 0 Å². The third kappa shape index (κ3) is 2.74. The summed E-state index contributed by atoms with van der Waals surface area (Å²) in [5, 5.41) is 0.500. The quantitative estimate of drug-likeness (QED) is 0.765. The van der Waals surface area contributed by atoms with Crippen molar-refractivity contribution in [2.75, 3.05) is 0 Å². The van der Waals surface area contributed by atoms with Crippen LogP contribution in [-0.4, -0.2) is 10.4 Å². The van der Waals surface area contributed by atoms with Crippen molar-refractivity contribution in [1.82, 2.24) is 4.57 Å². The minimum absolute atomic E-state index is 0.00434. The van der Waals surface area contributed by atoms with Crippen LogP contribution < -0.4 is 0 Å². The maximum Gasteiger partial charge on any atom is 0.161 e. The summed E-state index contributed by atoms with van der Waals surface area (Å²) in [6.45, 7) is 1.86. The predicted octanol–water partition coefficient (Wildman–Crippen LogP) is 3.53. The van der Waals surface area contributed by atoms with Crippen molar-refractivity contribution in [2.24, 2.45) is 0 Å². The van der Waals surface area contributed by atoms with E-state index in [2.05, 4.69) is 0 Å². The van der Waals surface area contributed by atoms with Crippen molar-refractivity contribution >= 4 is 17.4 Å². The lowest BCUT2D eigenvalue weighted by Gasteiger charge is -2.05. The number of hydrogen-bond donors (Lipinski definition) is 0. The molecule has 2 aromatic rings. The van der Waals surface area contributed by atoms with E-state index < -0.39 is 0 Å². The van der Waals surface area contributed by atoms with Gasteiger partial charge in [-0.1, -0.05) is 11.6 Å². The molecule has 0 aliphatic rings. The smallest absolute Gasteiger partial charge is 0.161 e. The number of benzene rings is 1. The lowest BCUT2D eigenvalue weighted by molar-refractivity contribution is 0.101. The number of ketones is 1. The Morgan fingerprint density at radius 1 is 1.41 bits per heavy atom. The molecule has 1 aromatic carbocycles. The van der Waals surface area contributed by atoms with Crippen LogP contribution >= 0.6 is 11.6 Å². The van der Waals surface area contributed by atoms with E-state index in [1.165, 1.54) is 19.1 Å². The summed E-state index contributed by atoms with van der Waals surface area (Å²) in [6, 6.07) is 6.15. The first kappa shape index (κ1) is 11.9. The third-order valence-corrected chi connectivity index (χ3v) is 2.75. The maximum absolute atomic E-state index is 13.5. The molecule has 2 rings (SSSR count). The molecule has 2 nitrogen and oxygen atoms in total. The Hall–Kier alpha value is -1.61. The molecule has 0 spiro atoms. The van der Waals surface area contributed by atoms with E-state index in [4.69, 9.17) is 11.6 Å². The minimum Gasteiger partial charge on any atom is -0.349 e. The monoisotopic (exact) mass is 251 g/mol. The summed E-state index contributed by atoms with van der Waals surface area (Å²) in [5.41, 5.74) is 1.12. The van der Waals surface area contributed by atoms with Crippen LogP contribution in [0.2, 0.25) is 5.02 Å². The minimum atomic E-state index is -0.299. The summed E-state index contributed by atoms with van der Waals surface area (Å²) in [6.07, 6.45) is 3.44. The molecule has 0 saturated heterocycles. The normalized spacial score (nSPS) is 10.5. The van der Waals surface area contributed by atoms with Gasteiger partial charge in [-0.05, 0) is 31.2 Å². The second-order valence-corrected chi connectivity index (χ2v) is 4.30. The molecule has 0 unspecified atom stereocenters. The fourth-order valence-electron chi connectivity index (χ4n) is 1.61. The highest BCUT2D eigenvalue weighted by atomic mass is 35.5. The van der Waals surface area contributed by atoms with E-state index >= 15 is 0 Å². The summed E-state index contributed by atoms with van der Waals surface area (Å²) >= 11 is 5.81. The van der Waals surface area contributed by atoms with Crippen LogP contribution in [0.3, 0.4) is 0 Å². The topological polar surface area (TPSA) is 22.0 Å². The average Bonchev–Trinajstić information content (AvgIpc) is 2.72. The number of hydrogen-bond acceptors (Lipinski definition) is 1. The zero-order valence-corrected chi connectivity index (χ0v) is 10.0. The molecular weight excluding hydrogens is 241 g/mol. The van der Waals surface area contributed by atoms with Crippen LogP contribution in [0, 0.1) is 5.82 Å². The number of rotatable bonds is 3. The average molecular weight is 252 g/mol. The standard InChI is InChI=1S/C13H11ClFNO/c1-9(17)10-4-5-16(7-10)8-11-6-12(14)2-3-13(11)15/h2-7H,8H2,1H3. The van der Waals surface area contributed by atoms with Gasteiger partial charge < -0.3 is 4.57 Å². The van der Waals surface area contributed by atoms with E-state index in [0.29, 0.717) is 22.7 Å². The van der Waals surface area contributed by atoms with Gasteiger partial charge in [-0.3, -0.25) is 4.79 Å². The second-order valence-electron chi connectivity index (χ2n) is 3.86. The SMILES string of the molecule is CC(=O)c1ccn(Cc2cc(Cl)ccc2F)c1. The predicted molar refractivity (Wildman–Crippen MR) is 64.9 cm³/mol. The van der Waals surface area contributed by atoms with Crippen LogP contribution in [-0.2, 0) is 6.54 Å². The molecule has 0 N–H and O–H groups in total. The number of Topliss-reactive ketones (excluding diaryl/α,β-unsaturated/α-hetero) is 1. The molecule has 88 valence electrons. The van der Waals surface area contributed by atoms with Gasteiger partial charge in [-0.2, -0.15) is 0 Å². The molecule has 0 aliphatic heterocycles. The zero-order valence-electron chi connectivity index (χ0n) is 9.28. The van der Waals surface area contributed by atoms with Crippen molar-refractivity contribution < 1.29 is 9.18 Å². The Kier molecular flexibility index (Phi) is 3.29. The van der Waals surface area contributed by atoms with Crippen molar-refractivity contribution in [1.29, 1.82) is 0 Å². The molecule has 1 heterocycles. The molecule has 4 heteroatoms. The van der Waals surface area contributed by atoms with Crippen molar-refractivity contribution in [3.63, 3.8) is 0 Å². The molecule has 0 radical (unpaired) electrons. The van der Waals surface area contributed by atoms with Crippen molar-refractivity contribution in [3.8, 4) is 0 Å². The summed E-state index contributed by atoms with van der Waals surface area (Å²) in [5.74, 6) is -0.303. The van der Waals surface area contributed by atoms with Gasteiger partial charge in [0.05, 0.1) is 0 Å². The summed E-state index contributed by atoms with van der Waals surface area (Å²) < 4.78 is 15.2. The van der Waals surface area contributed by atoms with E-state index in [1.54, 1.807) is 29.1 Å². The number of carbonyl (C=O) groups is 1. The lowest BCUT2D eigenvalue weighted by Crippen LogP contribution is -1.99. The van der Waals surface area contributed by atoms with Gasteiger partial charge in [-0.25, -0.2) is 4.39 Å². The van der Waals surface area contributed by atoms with Gasteiger partial charge in [0.25, 0.3) is 0 Å². The molecule has 17 heavy (non-hydrogen) atoms.